The lowest BCUT2D eigenvalue weighted by atomic mass is 11.0. The van der Waals surface area contributed by atoms with E-state index in [4.69, 9.17) is 10.2 Å². The van der Waals surface area contributed by atoms with Crippen LogP contribution in [0.5, 0.6) is 0 Å². The van der Waals surface area contributed by atoms with Crippen molar-refractivity contribution in [1.29, 1.82) is 0 Å². The molecule has 2 atom stereocenters. The molecule has 6 nitrogen and oxygen atoms in total. The molecule has 0 amide bonds. The van der Waals surface area contributed by atoms with Gasteiger partial charge in [-0.2, -0.15) is 4.67 Å². The van der Waals surface area contributed by atoms with E-state index in [1.54, 1.807) is 0 Å². The largest absolute Gasteiger partial charge is 0.364 e. The van der Waals surface area contributed by atoms with Crippen LogP contribution in [0.4, 0.5) is 0 Å². The third-order valence-corrected chi connectivity index (χ3v) is 5.00. The van der Waals surface area contributed by atoms with Crippen molar-refractivity contribution in [2.24, 2.45) is 0 Å². The third kappa shape index (κ3) is 3.81. The van der Waals surface area contributed by atoms with E-state index in [0.29, 0.717) is 0 Å². The van der Waals surface area contributed by atoms with Gasteiger partial charge in [-0.05, 0) is 0 Å². The Labute approximate surface area is 70.5 Å². The van der Waals surface area contributed by atoms with Gasteiger partial charge < -0.3 is 4.89 Å². The van der Waals surface area contributed by atoms with E-state index in [9.17, 15) is 9.13 Å². The first-order valence-corrected chi connectivity index (χ1v) is 6.83. The monoisotopic (exact) mass is 218 g/mol. The Bertz CT molecular complexity index is 218. The van der Waals surface area contributed by atoms with Crippen molar-refractivity contribution >= 4 is 15.2 Å². The Morgan fingerprint density at radius 2 is 1.75 bits per heavy atom. The lowest BCUT2D eigenvalue weighted by Gasteiger charge is -2.15. The van der Waals surface area contributed by atoms with E-state index in [0.717, 1.165) is 0 Å². The SMILES string of the molecule is CCP(=O)(O)OP(=O)(CC)OO. The van der Waals surface area contributed by atoms with Gasteiger partial charge in [-0.3, -0.25) is 9.13 Å². The average molecular weight is 218 g/mol. The molecule has 0 aliphatic carbocycles. The summed E-state index contributed by atoms with van der Waals surface area (Å²) in [7, 11) is -7.65. The summed E-state index contributed by atoms with van der Waals surface area (Å²) in [6.07, 6.45) is -0.339. The second kappa shape index (κ2) is 4.51. The summed E-state index contributed by atoms with van der Waals surface area (Å²) in [5.41, 5.74) is 0. The number of rotatable bonds is 5. The molecule has 0 bridgehead atoms. The van der Waals surface area contributed by atoms with Crippen molar-refractivity contribution in [2.75, 3.05) is 12.3 Å². The summed E-state index contributed by atoms with van der Waals surface area (Å²) < 4.78 is 29.8. The smallest absolute Gasteiger partial charge is 0.324 e. The molecule has 0 saturated carbocycles. The molecule has 0 aliphatic heterocycles. The van der Waals surface area contributed by atoms with Gasteiger partial charge in [-0.25, -0.2) is 9.57 Å². The summed E-state index contributed by atoms with van der Waals surface area (Å²) in [5.74, 6) is 0. The maximum Gasteiger partial charge on any atom is 0.364 e. The van der Waals surface area contributed by atoms with Gasteiger partial charge in [-0.15, -0.1) is 0 Å². The summed E-state index contributed by atoms with van der Waals surface area (Å²) in [6.45, 7) is 2.81. The summed E-state index contributed by atoms with van der Waals surface area (Å²) in [6, 6.07) is 0. The molecule has 0 aliphatic rings. The minimum atomic E-state index is -3.88. The van der Waals surface area contributed by atoms with E-state index < -0.39 is 15.2 Å². The molecule has 0 spiro atoms. The molecule has 0 fully saturated rings. The highest BCUT2D eigenvalue weighted by Gasteiger charge is 2.32. The summed E-state index contributed by atoms with van der Waals surface area (Å²) in [4.78, 5) is 8.89. The van der Waals surface area contributed by atoms with Crippen LogP contribution in [0.25, 0.3) is 0 Å². The van der Waals surface area contributed by atoms with Crippen LogP contribution in [0.1, 0.15) is 13.8 Å². The molecule has 2 unspecified atom stereocenters. The molecular weight excluding hydrogens is 206 g/mol. The second-order valence-electron chi connectivity index (χ2n) is 2.04. The molecule has 0 aromatic rings. The third-order valence-electron chi connectivity index (χ3n) is 1.16. The average Bonchev–Trinajstić information content (AvgIpc) is 2.04. The fourth-order valence-electron chi connectivity index (χ4n) is 0.382. The van der Waals surface area contributed by atoms with Crippen molar-refractivity contribution in [3.63, 3.8) is 0 Å². The number of hydrogen-bond acceptors (Lipinski definition) is 5. The van der Waals surface area contributed by atoms with Crippen LogP contribution in [-0.4, -0.2) is 22.5 Å². The first-order valence-electron chi connectivity index (χ1n) is 3.34. The zero-order chi connectivity index (χ0) is 9.83. The summed E-state index contributed by atoms with van der Waals surface area (Å²) >= 11 is 0. The minimum absolute atomic E-state index is 0.159. The fourth-order valence-corrected chi connectivity index (χ4v) is 3.10. The van der Waals surface area contributed by atoms with Crippen molar-refractivity contribution in [2.45, 2.75) is 13.8 Å². The zero-order valence-corrected chi connectivity index (χ0v) is 8.62. The van der Waals surface area contributed by atoms with Crippen LogP contribution in [0.15, 0.2) is 0 Å². The van der Waals surface area contributed by atoms with Gasteiger partial charge in [-0.1, -0.05) is 13.8 Å². The van der Waals surface area contributed by atoms with E-state index in [2.05, 4.69) is 8.99 Å². The van der Waals surface area contributed by atoms with Crippen LogP contribution in [0.3, 0.4) is 0 Å². The quantitative estimate of drug-likeness (QED) is 0.416. The van der Waals surface area contributed by atoms with Gasteiger partial charge in [0.15, 0.2) is 0 Å². The molecule has 0 aromatic carbocycles. The highest BCUT2D eigenvalue weighted by atomic mass is 31.3. The fraction of sp³-hybridized carbons (Fsp3) is 1.00. The maximum absolute atomic E-state index is 11.1. The lowest BCUT2D eigenvalue weighted by Crippen LogP contribution is -1.95. The van der Waals surface area contributed by atoms with Crippen LogP contribution in [-0.2, 0) is 18.1 Å². The van der Waals surface area contributed by atoms with Crippen molar-refractivity contribution in [1.82, 2.24) is 0 Å². The van der Waals surface area contributed by atoms with E-state index in [1.807, 2.05) is 0 Å². The molecule has 0 radical (unpaired) electrons. The predicted octanol–water partition coefficient (Wildman–Crippen LogP) is 1.91. The first kappa shape index (κ1) is 12.3. The van der Waals surface area contributed by atoms with Gasteiger partial charge in [0.05, 0.1) is 0 Å². The van der Waals surface area contributed by atoms with Crippen molar-refractivity contribution in [3.05, 3.63) is 0 Å². The Hall–Kier alpha value is 0.300. The first-order chi connectivity index (χ1) is 5.39. The Morgan fingerprint density at radius 3 is 2.00 bits per heavy atom. The lowest BCUT2D eigenvalue weighted by molar-refractivity contribution is -0.144. The molecule has 0 aromatic heterocycles. The van der Waals surface area contributed by atoms with Crippen molar-refractivity contribution in [3.8, 4) is 0 Å². The predicted molar refractivity (Wildman–Crippen MR) is 43.3 cm³/mol. The Morgan fingerprint density at radius 1 is 1.25 bits per heavy atom. The van der Waals surface area contributed by atoms with E-state index >= 15 is 0 Å². The van der Waals surface area contributed by atoms with Crippen LogP contribution in [0, 0.1) is 0 Å². The van der Waals surface area contributed by atoms with E-state index in [-0.39, 0.29) is 12.3 Å². The minimum Gasteiger partial charge on any atom is -0.324 e. The van der Waals surface area contributed by atoms with Crippen LogP contribution < -0.4 is 0 Å². The van der Waals surface area contributed by atoms with E-state index in [1.165, 1.54) is 13.8 Å². The zero-order valence-electron chi connectivity index (χ0n) is 6.84. The molecule has 0 saturated heterocycles. The Balaban J connectivity index is 4.42. The summed E-state index contributed by atoms with van der Waals surface area (Å²) in [5, 5.41) is 8.12. The highest BCUT2D eigenvalue weighted by molar-refractivity contribution is 7.66. The highest BCUT2D eigenvalue weighted by Crippen LogP contribution is 2.61. The molecule has 12 heavy (non-hydrogen) atoms. The topological polar surface area (TPSA) is 93.1 Å². The molecule has 2 N–H and O–H groups in total. The van der Waals surface area contributed by atoms with Gasteiger partial charge >= 0.3 is 15.2 Å². The van der Waals surface area contributed by atoms with Crippen molar-refractivity contribution < 1.29 is 28.3 Å². The molecular formula is C4H12O6P2. The van der Waals surface area contributed by atoms with Crippen LogP contribution in [0.2, 0.25) is 0 Å². The standard InChI is InChI=1S/C4H12O6P2/c1-3-11(6,7)10-12(8,4-2)9-5/h5H,3-4H2,1-2H3,(H,6,7). The number of hydrogen-bond donors (Lipinski definition) is 2. The molecule has 8 heteroatoms. The maximum atomic E-state index is 11.1. The molecule has 0 heterocycles. The van der Waals surface area contributed by atoms with Crippen LogP contribution >= 0.6 is 15.2 Å². The normalized spacial score (nSPS) is 21.3. The molecule has 0 rings (SSSR count). The molecule has 74 valence electrons. The van der Waals surface area contributed by atoms with Gasteiger partial charge in [0, 0.05) is 12.3 Å². The van der Waals surface area contributed by atoms with Gasteiger partial charge in [0.25, 0.3) is 0 Å². The van der Waals surface area contributed by atoms with Gasteiger partial charge in [0.2, 0.25) is 0 Å². The Kier molecular flexibility index (Phi) is 4.62. The second-order valence-corrected chi connectivity index (χ2v) is 6.62. The van der Waals surface area contributed by atoms with Gasteiger partial charge in [0.1, 0.15) is 0 Å².